The van der Waals surface area contributed by atoms with Gasteiger partial charge in [0.15, 0.2) is 0 Å². The Morgan fingerprint density at radius 2 is 1.74 bits per heavy atom. The van der Waals surface area contributed by atoms with Crippen molar-refractivity contribution < 1.29 is 13.2 Å². The van der Waals surface area contributed by atoms with Gasteiger partial charge >= 0.3 is 0 Å². The predicted octanol–water partition coefficient (Wildman–Crippen LogP) is 2.95. The summed E-state index contributed by atoms with van der Waals surface area (Å²) in [4.78, 5) is 14.9. The van der Waals surface area contributed by atoms with Gasteiger partial charge in [-0.25, -0.2) is 13.6 Å². The number of primary sulfonamides is 1. The zero-order valence-corrected chi connectivity index (χ0v) is 17.2. The highest BCUT2D eigenvalue weighted by molar-refractivity contribution is 9.10. The van der Waals surface area contributed by atoms with E-state index in [1.54, 1.807) is 12.1 Å². The van der Waals surface area contributed by atoms with Gasteiger partial charge in [-0.2, -0.15) is 0 Å². The fourth-order valence-electron chi connectivity index (χ4n) is 3.19. The molecule has 1 aliphatic rings. The van der Waals surface area contributed by atoms with Gasteiger partial charge in [0.25, 0.3) is 0 Å². The molecule has 8 heteroatoms. The van der Waals surface area contributed by atoms with Crippen LogP contribution in [0.5, 0.6) is 0 Å². The van der Waals surface area contributed by atoms with E-state index in [1.807, 2.05) is 18.2 Å². The summed E-state index contributed by atoms with van der Waals surface area (Å²) in [5, 5.41) is 7.94. The number of nitrogens with two attached hydrogens (primary N) is 1. The first kappa shape index (κ1) is 20.0. The first-order valence-corrected chi connectivity index (χ1v) is 11.1. The van der Waals surface area contributed by atoms with Crippen LogP contribution in [0.15, 0.2) is 57.9 Å². The SMILES string of the molecule is NS(=O)(=O)c1ccc(NC(=O)C2CCN(Cc3ccccc3Br)CC2)cc1. The van der Waals surface area contributed by atoms with Gasteiger partial charge in [0, 0.05) is 22.6 Å². The van der Waals surface area contributed by atoms with Crippen molar-refractivity contribution in [3.63, 3.8) is 0 Å². The monoisotopic (exact) mass is 451 g/mol. The molecule has 3 N–H and O–H groups in total. The summed E-state index contributed by atoms with van der Waals surface area (Å²) in [5.74, 6) is -0.0720. The van der Waals surface area contributed by atoms with Crippen molar-refractivity contribution in [2.75, 3.05) is 18.4 Å². The Labute approximate surface area is 167 Å². The van der Waals surface area contributed by atoms with Crippen LogP contribution in [0.25, 0.3) is 0 Å². The number of hydrogen-bond acceptors (Lipinski definition) is 4. The third-order valence-corrected chi connectivity index (χ3v) is 6.46. The molecule has 0 aromatic heterocycles. The smallest absolute Gasteiger partial charge is 0.238 e. The van der Waals surface area contributed by atoms with E-state index in [4.69, 9.17) is 5.14 Å². The minimum absolute atomic E-state index is 0.0286. The van der Waals surface area contributed by atoms with Crippen molar-refractivity contribution in [2.24, 2.45) is 11.1 Å². The summed E-state index contributed by atoms with van der Waals surface area (Å²) in [7, 11) is -3.73. The third kappa shape index (κ3) is 5.38. The van der Waals surface area contributed by atoms with Crippen molar-refractivity contribution in [1.82, 2.24) is 4.90 Å². The summed E-state index contributed by atoms with van der Waals surface area (Å²) in [6.07, 6.45) is 1.59. The maximum absolute atomic E-state index is 12.5. The summed E-state index contributed by atoms with van der Waals surface area (Å²) >= 11 is 3.58. The molecule has 6 nitrogen and oxygen atoms in total. The highest BCUT2D eigenvalue weighted by atomic mass is 79.9. The number of anilines is 1. The summed E-state index contributed by atoms with van der Waals surface area (Å²) in [6.45, 7) is 2.60. The number of likely N-dealkylation sites (tertiary alicyclic amines) is 1. The van der Waals surface area contributed by atoms with Gasteiger partial charge in [-0.1, -0.05) is 34.1 Å². The molecule has 1 heterocycles. The molecule has 0 spiro atoms. The number of rotatable bonds is 5. The van der Waals surface area contributed by atoms with Crippen molar-refractivity contribution in [1.29, 1.82) is 0 Å². The molecule has 1 saturated heterocycles. The van der Waals surface area contributed by atoms with E-state index in [2.05, 4.69) is 32.2 Å². The average molecular weight is 452 g/mol. The number of nitrogens with one attached hydrogen (secondary N) is 1. The normalized spacial score (nSPS) is 16.2. The first-order valence-electron chi connectivity index (χ1n) is 8.72. The highest BCUT2D eigenvalue weighted by Gasteiger charge is 2.25. The quantitative estimate of drug-likeness (QED) is 0.730. The lowest BCUT2D eigenvalue weighted by atomic mass is 9.95. The lowest BCUT2D eigenvalue weighted by molar-refractivity contribution is -0.121. The standard InChI is InChI=1S/C19H22BrN3O3S/c20-18-4-2-1-3-15(18)13-23-11-9-14(10-12-23)19(24)22-16-5-7-17(8-6-16)27(21,25)26/h1-8,14H,9-13H2,(H,22,24)(H2,21,25,26). The number of halogens is 1. The number of carbonyl (C=O) groups is 1. The average Bonchev–Trinajstić information content (AvgIpc) is 2.64. The Morgan fingerprint density at radius 3 is 2.33 bits per heavy atom. The highest BCUT2D eigenvalue weighted by Crippen LogP contribution is 2.24. The van der Waals surface area contributed by atoms with Crippen LogP contribution in [0.2, 0.25) is 0 Å². The largest absolute Gasteiger partial charge is 0.326 e. The summed E-state index contributed by atoms with van der Waals surface area (Å²) < 4.78 is 23.7. The van der Waals surface area contributed by atoms with Crippen LogP contribution in [0.4, 0.5) is 5.69 Å². The second kappa shape index (κ2) is 8.52. The molecule has 144 valence electrons. The number of amides is 1. The van der Waals surface area contributed by atoms with Crippen molar-refractivity contribution in [2.45, 2.75) is 24.3 Å². The Hall–Kier alpha value is -1.74. The number of hydrogen-bond donors (Lipinski definition) is 2. The van der Waals surface area contributed by atoms with Gasteiger partial charge in [-0.05, 0) is 61.8 Å². The molecule has 1 fully saturated rings. The van der Waals surface area contributed by atoms with Crippen LogP contribution in [-0.2, 0) is 21.4 Å². The lowest BCUT2D eigenvalue weighted by Gasteiger charge is -2.31. The van der Waals surface area contributed by atoms with Gasteiger partial charge in [-0.3, -0.25) is 9.69 Å². The Kier molecular flexibility index (Phi) is 6.31. The molecule has 27 heavy (non-hydrogen) atoms. The van der Waals surface area contributed by atoms with Crippen LogP contribution < -0.4 is 10.5 Å². The van der Waals surface area contributed by atoms with Gasteiger partial charge < -0.3 is 5.32 Å². The van der Waals surface area contributed by atoms with E-state index in [0.717, 1.165) is 36.9 Å². The minimum atomic E-state index is -3.73. The Morgan fingerprint density at radius 1 is 1.11 bits per heavy atom. The van der Waals surface area contributed by atoms with Crippen molar-refractivity contribution in [3.05, 3.63) is 58.6 Å². The molecule has 0 atom stereocenters. The van der Waals surface area contributed by atoms with E-state index in [9.17, 15) is 13.2 Å². The molecule has 0 radical (unpaired) electrons. The Bertz CT molecular complexity index is 908. The van der Waals surface area contributed by atoms with Crippen LogP contribution in [0.1, 0.15) is 18.4 Å². The van der Waals surface area contributed by atoms with E-state index >= 15 is 0 Å². The lowest BCUT2D eigenvalue weighted by Crippen LogP contribution is -2.37. The maximum Gasteiger partial charge on any atom is 0.238 e. The molecule has 0 saturated carbocycles. The second-order valence-electron chi connectivity index (χ2n) is 6.70. The Balaban J connectivity index is 1.52. The molecule has 1 amide bonds. The van der Waals surface area contributed by atoms with Crippen molar-refractivity contribution in [3.8, 4) is 0 Å². The van der Waals surface area contributed by atoms with E-state index in [-0.39, 0.29) is 16.7 Å². The predicted molar refractivity (Wildman–Crippen MR) is 109 cm³/mol. The van der Waals surface area contributed by atoms with E-state index in [1.165, 1.54) is 17.7 Å². The zero-order valence-electron chi connectivity index (χ0n) is 14.8. The molecule has 0 bridgehead atoms. The summed E-state index contributed by atoms with van der Waals surface area (Å²) in [5.41, 5.74) is 1.82. The fourth-order valence-corrected chi connectivity index (χ4v) is 4.12. The number of nitrogens with zero attached hydrogens (tertiary/aromatic N) is 1. The van der Waals surface area contributed by atoms with Crippen molar-refractivity contribution >= 4 is 37.5 Å². The maximum atomic E-state index is 12.5. The van der Waals surface area contributed by atoms with Gasteiger partial charge in [0.05, 0.1) is 4.90 Å². The third-order valence-electron chi connectivity index (χ3n) is 4.76. The van der Waals surface area contributed by atoms with E-state index in [0.29, 0.717) is 5.69 Å². The van der Waals surface area contributed by atoms with Crippen LogP contribution in [0.3, 0.4) is 0 Å². The first-order chi connectivity index (χ1) is 12.8. The molecule has 0 unspecified atom stereocenters. The molecular weight excluding hydrogens is 430 g/mol. The topological polar surface area (TPSA) is 92.5 Å². The number of sulfonamides is 1. The molecule has 3 rings (SSSR count). The minimum Gasteiger partial charge on any atom is -0.326 e. The fraction of sp³-hybridized carbons (Fsp3) is 0.316. The zero-order chi connectivity index (χ0) is 19.4. The molecule has 0 aliphatic carbocycles. The molecule has 1 aliphatic heterocycles. The number of benzene rings is 2. The molecular formula is C19H22BrN3O3S. The number of piperidine rings is 1. The van der Waals surface area contributed by atoms with Crippen LogP contribution in [-0.4, -0.2) is 32.3 Å². The summed E-state index contributed by atoms with van der Waals surface area (Å²) in [6, 6.07) is 14.1. The second-order valence-corrected chi connectivity index (χ2v) is 9.12. The van der Waals surface area contributed by atoms with Gasteiger partial charge in [-0.15, -0.1) is 0 Å². The van der Waals surface area contributed by atoms with Gasteiger partial charge in [0.2, 0.25) is 15.9 Å². The van der Waals surface area contributed by atoms with Gasteiger partial charge in [0.1, 0.15) is 0 Å². The van der Waals surface area contributed by atoms with E-state index < -0.39 is 10.0 Å². The molecule has 2 aromatic carbocycles. The number of carbonyl (C=O) groups excluding carboxylic acids is 1. The molecule has 2 aromatic rings. The van der Waals surface area contributed by atoms with Crippen LogP contribution in [0, 0.1) is 5.92 Å². The van der Waals surface area contributed by atoms with Crippen LogP contribution >= 0.6 is 15.9 Å².